The monoisotopic (exact) mass is 585 g/mol. The minimum atomic E-state index is 0.995. The first-order chi connectivity index (χ1) is 22.8. The summed E-state index contributed by atoms with van der Waals surface area (Å²) in [5.41, 5.74) is 15.0. The van der Waals surface area contributed by atoms with E-state index < -0.39 is 0 Å². The second kappa shape index (κ2) is 9.65. The molecule has 0 spiro atoms. The van der Waals surface area contributed by atoms with Crippen LogP contribution in [0.15, 0.2) is 164 Å². The van der Waals surface area contributed by atoms with E-state index in [0.717, 1.165) is 27.9 Å². The summed E-state index contributed by atoms with van der Waals surface area (Å²) in [5, 5.41) is 3.64. The van der Waals surface area contributed by atoms with Crippen LogP contribution in [0.1, 0.15) is 0 Å². The lowest BCUT2D eigenvalue weighted by atomic mass is 9.91. The van der Waals surface area contributed by atoms with Gasteiger partial charge in [-0.1, -0.05) is 115 Å². The fraction of sp³-hybridized carbons (Fsp3) is 0. The van der Waals surface area contributed by atoms with Crippen LogP contribution < -0.4 is 4.90 Å². The number of nitrogens with zero attached hydrogens (tertiary/aromatic N) is 3. The number of benzene rings is 7. The molecular weight excluding hydrogens is 558 g/mol. The fourth-order valence-electron chi connectivity index (χ4n) is 7.45. The molecule has 0 radical (unpaired) electrons. The van der Waals surface area contributed by atoms with Gasteiger partial charge in [0.25, 0.3) is 0 Å². The lowest BCUT2D eigenvalue weighted by molar-refractivity contribution is 1.29. The molecule has 2 aromatic heterocycles. The van der Waals surface area contributed by atoms with Crippen molar-refractivity contribution in [1.29, 1.82) is 0 Å². The number of anilines is 3. The zero-order valence-electron chi connectivity index (χ0n) is 24.9. The smallest absolute Gasteiger partial charge is 0.146 e. The number of rotatable bonds is 2. The van der Waals surface area contributed by atoms with Crippen LogP contribution in [0, 0.1) is 0 Å². The number of fused-ring (bicyclic) bond motifs is 13. The van der Waals surface area contributed by atoms with Crippen molar-refractivity contribution in [1.82, 2.24) is 9.38 Å². The molecule has 0 amide bonds. The number of imidazole rings is 1. The molecule has 0 bridgehead atoms. The van der Waals surface area contributed by atoms with E-state index in [4.69, 9.17) is 4.98 Å². The largest absolute Gasteiger partial charge is 0.309 e. The summed E-state index contributed by atoms with van der Waals surface area (Å²) in [4.78, 5) is 7.64. The average Bonchev–Trinajstić information content (AvgIpc) is 3.47. The van der Waals surface area contributed by atoms with Crippen LogP contribution in [-0.2, 0) is 0 Å². The Labute approximate surface area is 266 Å². The number of pyridine rings is 1. The van der Waals surface area contributed by atoms with Gasteiger partial charge in [0.15, 0.2) is 0 Å². The van der Waals surface area contributed by atoms with E-state index >= 15 is 0 Å². The van der Waals surface area contributed by atoms with Crippen LogP contribution in [0.25, 0.3) is 71.7 Å². The van der Waals surface area contributed by atoms with Crippen molar-refractivity contribution in [2.75, 3.05) is 4.90 Å². The van der Waals surface area contributed by atoms with Crippen LogP contribution in [0.5, 0.6) is 0 Å². The first-order valence-corrected chi connectivity index (χ1v) is 15.7. The first-order valence-electron chi connectivity index (χ1n) is 15.7. The van der Waals surface area contributed by atoms with Gasteiger partial charge in [0, 0.05) is 27.6 Å². The minimum absolute atomic E-state index is 0.995. The number of para-hydroxylation sites is 4. The van der Waals surface area contributed by atoms with Crippen molar-refractivity contribution < 1.29 is 0 Å². The van der Waals surface area contributed by atoms with Crippen molar-refractivity contribution in [3.63, 3.8) is 0 Å². The van der Waals surface area contributed by atoms with E-state index in [0.29, 0.717) is 0 Å². The third kappa shape index (κ3) is 3.57. The van der Waals surface area contributed by atoms with Crippen molar-refractivity contribution in [2.24, 2.45) is 0 Å². The van der Waals surface area contributed by atoms with Gasteiger partial charge in [0.05, 0.1) is 27.9 Å². The molecule has 214 valence electrons. The van der Waals surface area contributed by atoms with E-state index in [1.54, 1.807) is 0 Å². The molecule has 0 fully saturated rings. The number of hydrogen-bond acceptors (Lipinski definition) is 2. The summed E-state index contributed by atoms with van der Waals surface area (Å²) in [7, 11) is 0. The number of aromatic nitrogens is 2. The van der Waals surface area contributed by atoms with Gasteiger partial charge >= 0.3 is 0 Å². The molecule has 3 heterocycles. The van der Waals surface area contributed by atoms with Crippen LogP contribution in [-0.4, -0.2) is 9.38 Å². The highest BCUT2D eigenvalue weighted by Gasteiger charge is 2.26. The Kier molecular flexibility index (Phi) is 5.28. The average molecular weight is 586 g/mol. The molecule has 0 saturated heterocycles. The van der Waals surface area contributed by atoms with Gasteiger partial charge in [0.1, 0.15) is 5.65 Å². The summed E-state index contributed by atoms with van der Waals surface area (Å²) in [6.07, 6.45) is 0. The summed E-state index contributed by atoms with van der Waals surface area (Å²) < 4.78 is 2.32. The summed E-state index contributed by atoms with van der Waals surface area (Å²) in [5.74, 6) is 0. The van der Waals surface area contributed by atoms with Gasteiger partial charge in [-0.3, -0.25) is 4.40 Å². The van der Waals surface area contributed by atoms with Crippen LogP contribution >= 0.6 is 0 Å². The Balaban J connectivity index is 1.20. The number of hydrogen-bond donors (Lipinski definition) is 0. The fourth-order valence-corrected chi connectivity index (χ4v) is 7.45. The Morgan fingerprint density at radius 3 is 1.80 bits per heavy atom. The van der Waals surface area contributed by atoms with Gasteiger partial charge < -0.3 is 4.90 Å². The molecule has 9 aromatic rings. The molecule has 0 unspecified atom stereocenters. The molecule has 3 heteroatoms. The van der Waals surface area contributed by atoms with Gasteiger partial charge in [-0.15, -0.1) is 0 Å². The Morgan fingerprint density at radius 1 is 0.391 bits per heavy atom. The summed E-state index contributed by atoms with van der Waals surface area (Å²) in [6.45, 7) is 0. The second-order valence-electron chi connectivity index (χ2n) is 12.0. The molecule has 0 N–H and O–H groups in total. The van der Waals surface area contributed by atoms with Gasteiger partial charge in [-0.25, -0.2) is 4.98 Å². The quantitative estimate of drug-likeness (QED) is 0.188. The van der Waals surface area contributed by atoms with Crippen molar-refractivity contribution in [3.8, 4) is 33.4 Å². The minimum Gasteiger partial charge on any atom is -0.309 e. The molecule has 46 heavy (non-hydrogen) atoms. The Bertz CT molecular complexity index is 2650. The van der Waals surface area contributed by atoms with Crippen LogP contribution in [0.4, 0.5) is 17.1 Å². The normalized spacial score (nSPS) is 12.3. The predicted molar refractivity (Wildman–Crippen MR) is 192 cm³/mol. The third-order valence-electron chi connectivity index (χ3n) is 9.50. The van der Waals surface area contributed by atoms with Crippen molar-refractivity contribution in [2.45, 2.75) is 0 Å². The molecule has 7 aromatic carbocycles. The topological polar surface area (TPSA) is 20.5 Å². The highest BCUT2D eigenvalue weighted by molar-refractivity contribution is 6.14. The lowest BCUT2D eigenvalue weighted by Crippen LogP contribution is -2.10. The molecule has 0 saturated carbocycles. The highest BCUT2D eigenvalue weighted by atomic mass is 15.1. The molecule has 10 rings (SSSR count). The third-order valence-corrected chi connectivity index (χ3v) is 9.50. The Hall–Kier alpha value is -6.19. The van der Waals surface area contributed by atoms with Crippen LogP contribution in [0.3, 0.4) is 0 Å². The Morgan fingerprint density at radius 2 is 1.00 bits per heavy atom. The lowest BCUT2D eigenvalue weighted by Gasteiger charge is -2.27. The molecule has 0 aliphatic carbocycles. The second-order valence-corrected chi connectivity index (χ2v) is 12.0. The zero-order chi connectivity index (χ0) is 30.2. The van der Waals surface area contributed by atoms with Gasteiger partial charge in [-0.2, -0.15) is 0 Å². The SMILES string of the molecule is c1ccc(N2c3ccccc3-c3ccc(-c4ccc5c(c4)nc4c6ccccc6c6ccccc6n54)cc3-c3ccccc32)cc1. The maximum absolute atomic E-state index is 5.25. The zero-order valence-corrected chi connectivity index (χ0v) is 24.9. The van der Waals surface area contributed by atoms with Crippen molar-refractivity contribution in [3.05, 3.63) is 164 Å². The maximum Gasteiger partial charge on any atom is 0.146 e. The molecule has 1 aliphatic rings. The van der Waals surface area contributed by atoms with E-state index in [9.17, 15) is 0 Å². The standard InChI is InChI=1S/C43H27N3/c1-2-12-30(13-3-1)45-39-19-9-6-16-34(39)32-24-22-28(26-37(32)35-17-8-10-20-40(35)45)29-23-25-42-38(27-29)44-43-36-18-5-4-14-31(36)33-15-7-11-21-41(33)46(42)43/h1-27H. The van der Waals surface area contributed by atoms with Crippen LogP contribution in [0.2, 0.25) is 0 Å². The molecule has 3 nitrogen and oxygen atoms in total. The molecular formula is C43H27N3. The maximum atomic E-state index is 5.25. The van der Waals surface area contributed by atoms with E-state index in [2.05, 4.69) is 173 Å². The summed E-state index contributed by atoms with van der Waals surface area (Å²) >= 11 is 0. The summed E-state index contributed by atoms with van der Waals surface area (Å²) in [6, 6.07) is 59.1. The van der Waals surface area contributed by atoms with Gasteiger partial charge in [-0.05, 0) is 76.2 Å². The van der Waals surface area contributed by atoms with Gasteiger partial charge in [0.2, 0.25) is 0 Å². The highest BCUT2D eigenvalue weighted by Crippen LogP contribution is 2.51. The predicted octanol–water partition coefficient (Wildman–Crippen LogP) is 11.6. The molecule has 1 aliphatic heterocycles. The first kappa shape index (κ1) is 25.2. The van der Waals surface area contributed by atoms with E-state index in [1.165, 1.54) is 60.9 Å². The van der Waals surface area contributed by atoms with Crippen molar-refractivity contribution >= 4 is 55.4 Å². The molecule has 0 atom stereocenters. The van der Waals surface area contributed by atoms with E-state index in [-0.39, 0.29) is 0 Å². The van der Waals surface area contributed by atoms with E-state index in [1.807, 2.05) is 0 Å².